The second-order valence-corrected chi connectivity index (χ2v) is 6.24. The second-order valence-electron chi connectivity index (χ2n) is 6.24. The molecule has 0 unspecified atom stereocenters. The third-order valence-corrected chi connectivity index (χ3v) is 4.16. The van der Waals surface area contributed by atoms with E-state index >= 15 is 0 Å². The Kier molecular flexibility index (Phi) is 9.18. The van der Waals surface area contributed by atoms with E-state index in [-0.39, 0.29) is 11.5 Å². The molecule has 0 radical (unpaired) electrons. The number of amides is 1. The Balaban J connectivity index is 2.35. The summed E-state index contributed by atoms with van der Waals surface area (Å²) in [7, 11) is 0. The minimum Gasteiger partial charge on any atom is -0.370 e. The molecule has 0 saturated carbocycles. The van der Waals surface area contributed by atoms with E-state index in [1.54, 1.807) is 0 Å². The number of carbonyl (C=O) groups is 1. The minimum absolute atomic E-state index is 0.185. The van der Waals surface area contributed by atoms with Crippen LogP contribution in [0, 0.1) is 26.0 Å². The molecule has 26 heavy (non-hydrogen) atoms. The minimum atomic E-state index is -1.05. The van der Waals surface area contributed by atoms with Gasteiger partial charge in [-0.25, -0.2) is 0 Å². The maximum absolute atomic E-state index is 13.7. The summed E-state index contributed by atoms with van der Waals surface area (Å²) in [6.07, 6.45) is 8.07. The molecule has 0 heterocycles. The molecule has 0 atom stereocenters. The number of benzene rings is 1. The van der Waals surface area contributed by atoms with E-state index in [1.807, 2.05) is 0 Å². The van der Waals surface area contributed by atoms with Gasteiger partial charge in [-0.05, 0) is 25.3 Å². The first-order valence-corrected chi connectivity index (χ1v) is 8.72. The molecular weight excluding hydrogens is 345 g/mol. The van der Waals surface area contributed by atoms with Crippen molar-refractivity contribution in [3.63, 3.8) is 0 Å². The van der Waals surface area contributed by atoms with E-state index in [2.05, 4.69) is 0 Å². The van der Waals surface area contributed by atoms with Crippen LogP contribution in [-0.2, 0) is 11.2 Å². The van der Waals surface area contributed by atoms with Crippen LogP contribution in [0.25, 0.3) is 0 Å². The van der Waals surface area contributed by atoms with Crippen molar-refractivity contribution in [3.8, 4) is 0 Å². The Morgan fingerprint density at radius 2 is 1.38 bits per heavy atom. The number of halogens is 1. The summed E-state index contributed by atoms with van der Waals surface area (Å²) < 4.78 is 13.7. The highest BCUT2D eigenvalue weighted by Gasteiger charge is 2.24. The molecule has 1 amide bonds. The van der Waals surface area contributed by atoms with E-state index < -0.39 is 27.0 Å². The molecule has 8 nitrogen and oxygen atoms in total. The summed E-state index contributed by atoms with van der Waals surface area (Å²) in [5, 5.41) is 21.7. The molecule has 9 heteroatoms. The predicted molar refractivity (Wildman–Crippen MR) is 94.2 cm³/mol. The normalized spacial score (nSPS) is 10.7. The lowest BCUT2D eigenvalue weighted by Gasteiger charge is -2.05. The molecule has 1 aromatic carbocycles. The molecule has 1 rings (SSSR count). The predicted octanol–water partition coefficient (Wildman–Crippen LogP) is 4.18. The van der Waals surface area contributed by atoms with Crippen LogP contribution in [0.3, 0.4) is 0 Å². The molecule has 0 aliphatic carbocycles. The lowest BCUT2D eigenvalue weighted by atomic mass is 10.0. The molecule has 0 fully saturated rings. The Morgan fingerprint density at radius 1 is 0.885 bits per heavy atom. The fourth-order valence-corrected chi connectivity index (χ4v) is 2.78. The number of aryl methyl sites for hydroxylation is 1. The average Bonchev–Trinajstić information content (AvgIpc) is 2.55. The topological polar surface area (TPSA) is 129 Å². The van der Waals surface area contributed by atoms with Crippen LogP contribution in [0.2, 0.25) is 0 Å². The lowest BCUT2D eigenvalue weighted by Crippen LogP contribution is -2.09. The lowest BCUT2D eigenvalue weighted by molar-refractivity contribution is -0.396. The third-order valence-electron chi connectivity index (χ3n) is 4.16. The van der Waals surface area contributed by atoms with Crippen molar-refractivity contribution in [2.45, 2.75) is 64.2 Å². The van der Waals surface area contributed by atoms with Gasteiger partial charge in [-0.15, -0.1) is 0 Å². The number of primary amides is 1. The summed E-state index contributed by atoms with van der Waals surface area (Å²) in [5.41, 5.74) is 3.96. The zero-order valence-corrected chi connectivity index (χ0v) is 14.6. The Morgan fingerprint density at radius 3 is 1.88 bits per heavy atom. The van der Waals surface area contributed by atoms with Crippen molar-refractivity contribution in [1.82, 2.24) is 0 Å². The van der Waals surface area contributed by atoms with E-state index in [9.17, 15) is 29.4 Å². The number of hydrogen-bond donors (Lipinski definition) is 1. The fourth-order valence-electron chi connectivity index (χ4n) is 2.78. The molecule has 144 valence electrons. The first-order chi connectivity index (χ1) is 12.3. The number of unbranched alkanes of at least 4 members (excludes halogenated alkanes) is 7. The van der Waals surface area contributed by atoms with Crippen LogP contribution in [-0.4, -0.2) is 15.8 Å². The van der Waals surface area contributed by atoms with Gasteiger partial charge in [-0.1, -0.05) is 38.5 Å². The number of carbonyl (C=O) groups excluding carboxylic acids is 1. The first kappa shape index (κ1) is 21.5. The SMILES string of the molecule is NC(=O)CCCCCCCCCCc1cc(F)c([N+](=O)[O-])cc1[N+](=O)[O-]. The number of hydrogen-bond acceptors (Lipinski definition) is 5. The fraction of sp³-hybridized carbons (Fsp3) is 0.588. The molecule has 0 aromatic heterocycles. The van der Waals surface area contributed by atoms with Crippen LogP contribution < -0.4 is 5.73 Å². The van der Waals surface area contributed by atoms with Gasteiger partial charge in [0.1, 0.15) is 0 Å². The van der Waals surface area contributed by atoms with Crippen LogP contribution in [0.4, 0.5) is 15.8 Å². The number of nitrogens with zero attached hydrogens (tertiary/aromatic N) is 2. The highest BCUT2D eigenvalue weighted by molar-refractivity contribution is 5.73. The van der Waals surface area contributed by atoms with Crippen molar-refractivity contribution in [3.05, 3.63) is 43.7 Å². The largest absolute Gasteiger partial charge is 0.370 e. The van der Waals surface area contributed by atoms with E-state index in [0.717, 1.165) is 51.0 Å². The summed E-state index contributed by atoms with van der Waals surface area (Å²) >= 11 is 0. The monoisotopic (exact) mass is 369 g/mol. The van der Waals surface area contributed by atoms with Crippen molar-refractivity contribution in [2.24, 2.45) is 5.73 Å². The molecular formula is C17H24FN3O5. The number of nitrogens with two attached hydrogens (primary N) is 1. The van der Waals surface area contributed by atoms with Crippen molar-refractivity contribution >= 4 is 17.3 Å². The molecule has 0 spiro atoms. The second kappa shape index (κ2) is 11.1. The molecule has 0 bridgehead atoms. The van der Waals surface area contributed by atoms with Crippen LogP contribution in [0.1, 0.15) is 63.4 Å². The van der Waals surface area contributed by atoms with Crippen LogP contribution in [0.5, 0.6) is 0 Å². The van der Waals surface area contributed by atoms with Crippen molar-refractivity contribution in [2.75, 3.05) is 0 Å². The highest BCUT2D eigenvalue weighted by Crippen LogP contribution is 2.29. The van der Waals surface area contributed by atoms with Gasteiger partial charge < -0.3 is 5.73 Å². The van der Waals surface area contributed by atoms with Crippen molar-refractivity contribution < 1.29 is 19.0 Å². The Bertz CT molecular complexity index is 652. The Hall–Kier alpha value is -2.58. The van der Waals surface area contributed by atoms with Gasteiger partial charge in [-0.2, -0.15) is 4.39 Å². The van der Waals surface area contributed by atoms with Gasteiger partial charge in [0.05, 0.1) is 15.9 Å². The van der Waals surface area contributed by atoms with Gasteiger partial charge in [0, 0.05) is 12.0 Å². The van der Waals surface area contributed by atoms with Gasteiger partial charge in [-0.3, -0.25) is 25.0 Å². The highest BCUT2D eigenvalue weighted by atomic mass is 19.1. The van der Waals surface area contributed by atoms with Gasteiger partial charge in [0.25, 0.3) is 5.69 Å². The zero-order chi connectivity index (χ0) is 19.5. The first-order valence-electron chi connectivity index (χ1n) is 8.72. The van der Waals surface area contributed by atoms with Gasteiger partial charge in [0.15, 0.2) is 0 Å². The molecule has 2 N–H and O–H groups in total. The van der Waals surface area contributed by atoms with Crippen LogP contribution in [0.15, 0.2) is 12.1 Å². The Labute approximate surface area is 150 Å². The summed E-state index contributed by atoms with van der Waals surface area (Å²) in [5.74, 6) is -1.33. The average molecular weight is 369 g/mol. The quantitative estimate of drug-likeness (QED) is 0.317. The summed E-state index contributed by atoms with van der Waals surface area (Å²) in [6, 6.07) is 1.59. The third kappa shape index (κ3) is 7.54. The molecule has 1 aromatic rings. The smallest absolute Gasteiger partial charge is 0.311 e. The van der Waals surface area contributed by atoms with E-state index in [0.29, 0.717) is 25.3 Å². The standard InChI is InChI=1S/C17H24FN3O5/c18-14-11-13(15(20(23)24)12-16(14)21(25)26)9-7-5-3-1-2-4-6-8-10-17(19)22/h11-12H,1-10H2,(H2,19,22). The summed E-state index contributed by atoms with van der Waals surface area (Å²) in [4.78, 5) is 30.6. The molecule has 0 aliphatic rings. The molecule has 0 saturated heterocycles. The van der Waals surface area contributed by atoms with E-state index in [1.165, 1.54) is 0 Å². The zero-order valence-electron chi connectivity index (χ0n) is 14.6. The maximum atomic E-state index is 13.7. The number of nitro benzene ring substituents is 2. The van der Waals surface area contributed by atoms with Crippen molar-refractivity contribution in [1.29, 1.82) is 0 Å². The van der Waals surface area contributed by atoms with Gasteiger partial charge >= 0.3 is 5.69 Å². The molecule has 0 aliphatic heterocycles. The maximum Gasteiger partial charge on any atom is 0.311 e. The number of nitro groups is 2. The van der Waals surface area contributed by atoms with Crippen LogP contribution >= 0.6 is 0 Å². The summed E-state index contributed by atoms with van der Waals surface area (Å²) in [6.45, 7) is 0. The van der Waals surface area contributed by atoms with E-state index in [4.69, 9.17) is 5.73 Å². The van der Waals surface area contributed by atoms with Gasteiger partial charge in [0.2, 0.25) is 11.7 Å². The number of rotatable bonds is 13.